The fourth-order valence-corrected chi connectivity index (χ4v) is 3.31. The molecule has 1 rings (SSSR count). The fourth-order valence-electron chi connectivity index (χ4n) is 1.83. The minimum Gasteiger partial charge on any atom is -0.426 e. The van der Waals surface area contributed by atoms with E-state index in [1.54, 1.807) is 0 Å². The molecule has 138 valence electrons. The predicted octanol–water partition coefficient (Wildman–Crippen LogP) is 6.72. The molecule has 0 atom stereocenters. The van der Waals surface area contributed by atoms with E-state index in [1.807, 2.05) is 18.2 Å². The minimum atomic E-state index is -1.43. The molecule has 0 heterocycles. The van der Waals surface area contributed by atoms with Crippen LogP contribution >= 0.6 is 8.60 Å². The van der Waals surface area contributed by atoms with Gasteiger partial charge in [-0.15, -0.1) is 0 Å². The van der Waals surface area contributed by atoms with E-state index in [9.17, 15) is 0 Å². The Bertz CT molecular complexity index is 489. The summed E-state index contributed by atoms with van der Waals surface area (Å²) in [7, 11) is -1.43. The smallest absolute Gasteiger partial charge is 0.397 e. The molecule has 0 amide bonds. The molecule has 0 unspecified atom stereocenters. The fraction of sp³-hybridized carbons (Fsp3) is 0.700. The highest BCUT2D eigenvalue weighted by molar-refractivity contribution is 7.42. The van der Waals surface area contributed by atoms with E-state index in [0.29, 0.717) is 13.2 Å². The van der Waals surface area contributed by atoms with Crippen molar-refractivity contribution in [3.63, 3.8) is 0 Å². The summed E-state index contributed by atoms with van der Waals surface area (Å²) < 4.78 is 18.2. The van der Waals surface area contributed by atoms with Crippen LogP contribution in [0, 0.1) is 10.8 Å². The average molecular weight is 354 g/mol. The minimum absolute atomic E-state index is 0.00561. The zero-order chi connectivity index (χ0) is 18.6. The van der Waals surface area contributed by atoms with Crippen molar-refractivity contribution in [2.45, 2.75) is 67.7 Å². The Balaban J connectivity index is 2.91. The van der Waals surface area contributed by atoms with Crippen molar-refractivity contribution in [2.24, 2.45) is 10.8 Å². The van der Waals surface area contributed by atoms with E-state index < -0.39 is 8.60 Å². The summed E-state index contributed by atoms with van der Waals surface area (Å²) in [4.78, 5) is 0. The quantitative estimate of drug-likeness (QED) is 0.531. The lowest BCUT2D eigenvalue weighted by molar-refractivity contribution is 0.124. The molecule has 0 fully saturated rings. The van der Waals surface area contributed by atoms with Crippen LogP contribution in [0.1, 0.15) is 67.9 Å². The Morgan fingerprint density at radius 2 is 1.21 bits per heavy atom. The van der Waals surface area contributed by atoms with Crippen molar-refractivity contribution in [3.05, 3.63) is 29.8 Å². The molecular formula is C20H35O3P. The molecule has 1 aromatic carbocycles. The van der Waals surface area contributed by atoms with E-state index in [4.69, 9.17) is 13.6 Å². The number of rotatable bonds is 6. The topological polar surface area (TPSA) is 27.7 Å². The van der Waals surface area contributed by atoms with Crippen LogP contribution < -0.4 is 4.52 Å². The highest BCUT2D eigenvalue weighted by atomic mass is 31.2. The predicted molar refractivity (Wildman–Crippen MR) is 104 cm³/mol. The largest absolute Gasteiger partial charge is 0.426 e. The maximum absolute atomic E-state index is 6.18. The summed E-state index contributed by atoms with van der Waals surface area (Å²) in [6, 6.07) is 8.14. The lowest BCUT2D eigenvalue weighted by atomic mass is 9.86. The maximum atomic E-state index is 6.18. The summed E-state index contributed by atoms with van der Waals surface area (Å²) >= 11 is 0. The monoisotopic (exact) mass is 354 g/mol. The molecule has 1 aromatic rings. The van der Waals surface area contributed by atoms with Crippen LogP contribution in [0.3, 0.4) is 0 Å². The number of hydrogen-bond donors (Lipinski definition) is 0. The molecule has 24 heavy (non-hydrogen) atoms. The SMILES string of the molecule is CC(C)(C)COP(OCC(C)(C)C)Oc1ccccc1C(C)(C)C. The molecule has 0 saturated carbocycles. The van der Waals surface area contributed by atoms with Gasteiger partial charge in [-0.2, -0.15) is 0 Å². The Morgan fingerprint density at radius 3 is 1.62 bits per heavy atom. The van der Waals surface area contributed by atoms with Gasteiger partial charge in [0.15, 0.2) is 0 Å². The first-order valence-corrected chi connectivity index (χ1v) is 9.71. The normalized spacial score (nSPS) is 13.4. The summed E-state index contributed by atoms with van der Waals surface area (Å²) in [6.07, 6.45) is 0. The second kappa shape index (κ2) is 8.17. The molecule has 0 aliphatic carbocycles. The van der Waals surface area contributed by atoms with Crippen LogP contribution in [0.5, 0.6) is 5.75 Å². The molecule has 3 nitrogen and oxygen atoms in total. The van der Waals surface area contributed by atoms with Gasteiger partial charge in [-0.1, -0.05) is 80.5 Å². The molecule has 4 heteroatoms. The third-order valence-corrected chi connectivity index (χ3v) is 4.10. The Kier molecular flexibility index (Phi) is 7.29. The van der Waals surface area contributed by atoms with E-state index in [0.717, 1.165) is 11.3 Å². The summed E-state index contributed by atoms with van der Waals surface area (Å²) in [6.45, 7) is 20.6. The summed E-state index contributed by atoms with van der Waals surface area (Å²) in [5.74, 6) is 0.846. The van der Waals surface area contributed by atoms with Gasteiger partial charge in [0.2, 0.25) is 0 Å². The van der Waals surface area contributed by atoms with Crippen LogP contribution in [0.25, 0.3) is 0 Å². The molecule has 0 radical (unpaired) electrons. The van der Waals surface area contributed by atoms with Gasteiger partial charge in [-0.3, -0.25) is 0 Å². The van der Waals surface area contributed by atoms with Crippen molar-refractivity contribution in [1.82, 2.24) is 0 Å². The number of hydrogen-bond acceptors (Lipinski definition) is 3. The maximum Gasteiger partial charge on any atom is 0.397 e. The molecule has 0 saturated heterocycles. The Hall–Kier alpha value is -0.630. The highest BCUT2D eigenvalue weighted by Gasteiger charge is 2.26. The van der Waals surface area contributed by atoms with Gasteiger partial charge in [0, 0.05) is 0 Å². The second-order valence-corrected chi connectivity index (χ2v) is 10.9. The van der Waals surface area contributed by atoms with Gasteiger partial charge < -0.3 is 13.6 Å². The highest BCUT2D eigenvalue weighted by Crippen LogP contribution is 2.46. The average Bonchev–Trinajstić information content (AvgIpc) is 2.39. The lowest BCUT2D eigenvalue weighted by Crippen LogP contribution is -2.18. The molecule has 0 bridgehead atoms. The van der Waals surface area contributed by atoms with E-state index in [2.05, 4.69) is 68.4 Å². The first-order valence-electron chi connectivity index (χ1n) is 8.61. The number of benzene rings is 1. The van der Waals surface area contributed by atoms with Gasteiger partial charge in [0.25, 0.3) is 0 Å². The molecule has 0 aromatic heterocycles. The van der Waals surface area contributed by atoms with Crippen LogP contribution in [0.4, 0.5) is 0 Å². The van der Waals surface area contributed by atoms with Crippen molar-refractivity contribution in [2.75, 3.05) is 13.2 Å². The molecule has 0 aliphatic heterocycles. The van der Waals surface area contributed by atoms with Crippen molar-refractivity contribution < 1.29 is 13.6 Å². The first-order chi connectivity index (χ1) is 10.8. The first kappa shape index (κ1) is 21.4. The third kappa shape index (κ3) is 8.46. The van der Waals surface area contributed by atoms with Gasteiger partial charge in [0.1, 0.15) is 5.75 Å². The van der Waals surface area contributed by atoms with Gasteiger partial charge in [-0.25, -0.2) is 0 Å². The Morgan fingerprint density at radius 1 is 0.750 bits per heavy atom. The van der Waals surface area contributed by atoms with Crippen LogP contribution in [-0.4, -0.2) is 13.2 Å². The summed E-state index contributed by atoms with van der Waals surface area (Å²) in [5.41, 5.74) is 1.30. The summed E-state index contributed by atoms with van der Waals surface area (Å²) in [5, 5.41) is 0. The zero-order valence-electron chi connectivity index (χ0n) is 16.9. The van der Waals surface area contributed by atoms with Crippen LogP contribution in [-0.2, 0) is 14.5 Å². The third-order valence-electron chi connectivity index (χ3n) is 3.07. The van der Waals surface area contributed by atoms with Crippen LogP contribution in [0.15, 0.2) is 24.3 Å². The van der Waals surface area contributed by atoms with E-state index in [-0.39, 0.29) is 16.2 Å². The molecular weight excluding hydrogens is 319 g/mol. The van der Waals surface area contributed by atoms with Gasteiger partial charge >= 0.3 is 8.60 Å². The van der Waals surface area contributed by atoms with Crippen molar-refractivity contribution in [1.29, 1.82) is 0 Å². The van der Waals surface area contributed by atoms with Crippen molar-refractivity contribution >= 4 is 8.60 Å². The molecule has 0 aliphatic rings. The van der Waals surface area contributed by atoms with Crippen LogP contribution in [0.2, 0.25) is 0 Å². The standard InChI is InChI=1S/C20H35O3P/c1-18(2,3)14-21-24(22-15-19(4,5)6)23-17-13-11-10-12-16(17)20(7,8)9/h10-13H,14-15H2,1-9H3. The zero-order valence-corrected chi connectivity index (χ0v) is 17.8. The van der Waals surface area contributed by atoms with Gasteiger partial charge in [-0.05, 0) is 27.9 Å². The van der Waals surface area contributed by atoms with E-state index >= 15 is 0 Å². The van der Waals surface area contributed by atoms with Gasteiger partial charge in [0.05, 0.1) is 13.2 Å². The Labute approximate surface area is 150 Å². The number of para-hydroxylation sites is 1. The van der Waals surface area contributed by atoms with E-state index in [1.165, 1.54) is 0 Å². The lowest BCUT2D eigenvalue weighted by Gasteiger charge is -2.28. The van der Waals surface area contributed by atoms with Crippen molar-refractivity contribution in [3.8, 4) is 5.75 Å². The molecule has 0 N–H and O–H groups in total. The molecule has 0 spiro atoms. The second-order valence-electron chi connectivity index (χ2n) is 9.73.